The van der Waals surface area contributed by atoms with Crippen LogP contribution in [0, 0.1) is 17.7 Å². The van der Waals surface area contributed by atoms with Crippen LogP contribution in [-0.4, -0.2) is 90.5 Å². The van der Waals surface area contributed by atoms with Gasteiger partial charge in [-0.1, -0.05) is 31.2 Å². The van der Waals surface area contributed by atoms with E-state index in [1.165, 1.54) is 29.3 Å². The van der Waals surface area contributed by atoms with Gasteiger partial charge in [-0.05, 0) is 98.6 Å². The molecule has 0 bridgehead atoms. The highest BCUT2D eigenvalue weighted by atomic mass is 32.2. The molecule has 14 heteroatoms. The summed E-state index contributed by atoms with van der Waals surface area (Å²) < 4.78 is 45.8. The van der Waals surface area contributed by atoms with E-state index in [9.17, 15) is 17.9 Å². The minimum atomic E-state index is -2.16. The SMILES string of the molecule is CC(C)COC(=O)c1[nH]c2ccc(F)cc2c1-c1cn(CC2CCN(CCN(c3ccc(-c4cccnc4N4CCCC4)cc3)S(=O)O)CC2)nn1. The van der Waals surface area contributed by atoms with Crippen molar-refractivity contribution in [3.63, 3.8) is 0 Å². The third-order valence-corrected chi connectivity index (χ3v) is 10.7. The monoisotopic (exact) mass is 728 g/mol. The Morgan fingerprint density at radius 2 is 1.87 bits per heavy atom. The summed E-state index contributed by atoms with van der Waals surface area (Å²) in [5.41, 5.74) is 4.60. The zero-order chi connectivity index (χ0) is 36.2. The number of fused-ring (bicyclic) bond motifs is 1. The van der Waals surface area contributed by atoms with Crippen LogP contribution in [-0.2, 0) is 22.5 Å². The number of likely N-dealkylation sites (tertiary alicyclic amines) is 1. The Hall–Kier alpha value is -4.66. The lowest BCUT2D eigenvalue weighted by atomic mass is 9.97. The number of esters is 1. The number of ether oxygens (including phenoxy) is 1. The van der Waals surface area contributed by atoms with Crippen molar-refractivity contribution in [1.82, 2.24) is 29.9 Å². The molecule has 0 spiro atoms. The van der Waals surface area contributed by atoms with E-state index in [0.29, 0.717) is 53.4 Å². The Labute approximate surface area is 305 Å². The molecule has 1 atom stereocenters. The number of benzene rings is 2. The van der Waals surface area contributed by atoms with Crippen LogP contribution >= 0.6 is 0 Å². The summed E-state index contributed by atoms with van der Waals surface area (Å²) in [5.74, 6) is 0.590. The lowest BCUT2D eigenvalue weighted by molar-refractivity contribution is 0.0454. The number of nitrogens with one attached hydrogen (secondary N) is 1. The average molecular weight is 729 g/mol. The number of halogens is 1. The molecule has 2 aliphatic heterocycles. The molecule has 2 fully saturated rings. The topological polar surface area (TPSA) is 133 Å². The molecule has 3 aromatic heterocycles. The molecule has 7 rings (SSSR count). The van der Waals surface area contributed by atoms with Crippen molar-refractivity contribution in [3.8, 4) is 22.4 Å². The second-order valence-electron chi connectivity index (χ2n) is 14.1. The van der Waals surface area contributed by atoms with Crippen molar-refractivity contribution in [1.29, 1.82) is 0 Å². The summed E-state index contributed by atoms with van der Waals surface area (Å²) in [5, 5.41) is 9.30. The zero-order valence-electron chi connectivity index (χ0n) is 29.6. The number of nitrogens with zero attached hydrogens (tertiary/aromatic N) is 7. The fourth-order valence-corrected chi connectivity index (χ4v) is 7.74. The van der Waals surface area contributed by atoms with Crippen LogP contribution in [0.5, 0.6) is 0 Å². The lowest BCUT2D eigenvalue weighted by Gasteiger charge is -2.33. The normalized spacial score (nSPS) is 16.2. The van der Waals surface area contributed by atoms with Crippen molar-refractivity contribution in [2.75, 3.05) is 55.1 Å². The van der Waals surface area contributed by atoms with Gasteiger partial charge in [-0.3, -0.25) is 13.5 Å². The molecule has 12 nitrogen and oxygen atoms in total. The Morgan fingerprint density at radius 1 is 1.10 bits per heavy atom. The molecule has 5 heterocycles. The Kier molecular flexibility index (Phi) is 10.9. The van der Waals surface area contributed by atoms with Gasteiger partial charge in [0, 0.05) is 61.0 Å². The molecule has 2 N–H and O–H groups in total. The molecular weight excluding hydrogens is 684 g/mol. The van der Waals surface area contributed by atoms with Gasteiger partial charge in [0.1, 0.15) is 23.0 Å². The number of pyridine rings is 1. The first kappa shape index (κ1) is 35.7. The molecule has 0 amide bonds. The van der Waals surface area contributed by atoms with Gasteiger partial charge in [0.25, 0.3) is 11.3 Å². The second-order valence-corrected chi connectivity index (χ2v) is 15.0. The van der Waals surface area contributed by atoms with Gasteiger partial charge < -0.3 is 19.5 Å². The number of rotatable bonds is 13. The molecule has 2 aliphatic rings. The van der Waals surface area contributed by atoms with E-state index in [1.54, 1.807) is 16.9 Å². The lowest BCUT2D eigenvalue weighted by Crippen LogP contribution is -2.40. The number of aromatic amines is 1. The van der Waals surface area contributed by atoms with Crippen molar-refractivity contribution in [2.24, 2.45) is 11.8 Å². The van der Waals surface area contributed by atoms with Gasteiger partial charge in [-0.15, -0.1) is 5.10 Å². The first-order valence-corrected chi connectivity index (χ1v) is 19.1. The van der Waals surface area contributed by atoms with E-state index in [2.05, 4.69) is 36.1 Å². The summed E-state index contributed by atoms with van der Waals surface area (Å²) in [6.45, 7) is 9.63. The maximum atomic E-state index is 14.3. The van der Waals surface area contributed by atoms with Crippen LogP contribution in [0.2, 0.25) is 0 Å². The van der Waals surface area contributed by atoms with Crippen molar-refractivity contribution >= 4 is 39.6 Å². The number of anilines is 2. The molecule has 0 radical (unpaired) electrons. The number of carbonyl (C=O) groups excluding carboxylic acids is 1. The molecule has 2 saturated heterocycles. The number of hydrogen-bond acceptors (Lipinski definition) is 8. The number of piperidine rings is 1. The van der Waals surface area contributed by atoms with Gasteiger partial charge in [0.05, 0.1) is 18.5 Å². The smallest absolute Gasteiger partial charge is 0.355 e. The summed E-state index contributed by atoms with van der Waals surface area (Å²) in [6, 6.07) is 16.2. The van der Waals surface area contributed by atoms with Crippen LogP contribution in [0.3, 0.4) is 0 Å². The third kappa shape index (κ3) is 8.03. The first-order valence-electron chi connectivity index (χ1n) is 18.0. The maximum absolute atomic E-state index is 14.3. The van der Waals surface area contributed by atoms with E-state index in [4.69, 9.17) is 4.74 Å². The zero-order valence-corrected chi connectivity index (χ0v) is 30.4. The number of hydrogen-bond donors (Lipinski definition) is 2. The number of H-pyrrole nitrogens is 1. The number of aromatic nitrogens is 5. The van der Waals surface area contributed by atoms with Crippen LogP contribution in [0.25, 0.3) is 33.3 Å². The third-order valence-electron chi connectivity index (χ3n) is 9.93. The molecule has 0 aliphatic carbocycles. The van der Waals surface area contributed by atoms with Crippen LogP contribution in [0.1, 0.15) is 50.0 Å². The van der Waals surface area contributed by atoms with Crippen LogP contribution in [0.4, 0.5) is 15.9 Å². The average Bonchev–Trinajstić information content (AvgIpc) is 3.92. The molecule has 274 valence electrons. The Bertz CT molecular complexity index is 2020. The van der Waals surface area contributed by atoms with Crippen molar-refractivity contribution in [2.45, 2.75) is 46.1 Å². The fraction of sp³-hybridized carbons (Fsp3) is 0.421. The van der Waals surface area contributed by atoms with E-state index in [0.717, 1.165) is 56.0 Å². The number of carbonyl (C=O) groups is 1. The molecular formula is C38H45FN8O4S. The minimum Gasteiger partial charge on any atom is -0.461 e. The van der Waals surface area contributed by atoms with Gasteiger partial charge in [-0.2, -0.15) is 0 Å². The quantitative estimate of drug-likeness (QED) is 0.105. The molecule has 0 saturated carbocycles. The highest BCUT2D eigenvalue weighted by molar-refractivity contribution is 7.80. The molecule has 52 heavy (non-hydrogen) atoms. The van der Waals surface area contributed by atoms with Gasteiger partial charge in [-0.25, -0.2) is 18.4 Å². The van der Waals surface area contributed by atoms with Gasteiger partial charge in [0.15, 0.2) is 0 Å². The molecule has 2 aromatic carbocycles. The second kappa shape index (κ2) is 15.9. The predicted octanol–water partition coefficient (Wildman–Crippen LogP) is 6.40. The van der Waals surface area contributed by atoms with Gasteiger partial charge in [0.2, 0.25) is 0 Å². The summed E-state index contributed by atoms with van der Waals surface area (Å²) in [7, 11) is 0. The summed E-state index contributed by atoms with van der Waals surface area (Å²) in [4.78, 5) is 25.4. The largest absolute Gasteiger partial charge is 0.461 e. The van der Waals surface area contributed by atoms with E-state index in [-0.39, 0.29) is 18.2 Å². The predicted molar refractivity (Wildman–Crippen MR) is 201 cm³/mol. The van der Waals surface area contributed by atoms with E-state index < -0.39 is 23.1 Å². The summed E-state index contributed by atoms with van der Waals surface area (Å²) in [6.07, 6.45) is 7.84. The van der Waals surface area contributed by atoms with Crippen LogP contribution in [0.15, 0.2) is 67.0 Å². The molecule has 5 aromatic rings. The Balaban J connectivity index is 0.954. The highest BCUT2D eigenvalue weighted by Crippen LogP contribution is 2.34. The van der Waals surface area contributed by atoms with E-state index in [1.807, 2.05) is 50.4 Å². The van der Waals surface area contributed by atoms with Gasteiger partial charge >= 0.3 is 5.97 Å². The summed E-state index contributed by atoms with van der Waals surface area (Å²) >= 11 is -2.16. The standard InChI is InChI=1S/C38H45FN8O4S/c1-26(2)25-51-38(48)36-35(32-22-29(39)9-12-33(32)41-36)34-24-46(43-42-34)23-27-13-18-44(19-14-27)20-21-47(52(49)50)30-10-7-28(8-11-30)31-6-5-15-40-37(31)45-16-3-4-17-45/h5-12,15,22,24,26-27,41H,3-4,13-14,16-21,23,25H2,1-2H3,(H,49,50). The van der Waals surface area contributed by atoms with E-state index >= 15 is 0 Å². The Morgan fingerprint density at radius 3 is 2.60 bits per heavy atom. The molecule has 1 unspecified atom stereocenters. The first-order chi connectivity index (χ1) is 25.2. The maximum Gasteiger partial charge on any atom is 0.355 e. The fourth-order valence-electron chi connectivity index (χ4n) is 7.20. The van der Waals surface area contributed by atoms with Crippen molar-refractivity contribution in [3.05, 3.63) is 78.5 Å². The van der Waals surface area contributed by atoms with Crippen molar-refractivity contribution < 1.29 is 22.7 Å². The van der Waals surface area contributed by atoms with Crippen LogP contribution < -0.4 is 9.21 Å². The highest BCUT2D eigenvalue weighted by Gasteiger charge is 2.26. The minimum absolute atomic E-state index is 0.170.